The van der Waals surface area contributed by atoms with E-state index in [1.54, 1.807) is 0 Å². The molecule has 2 aromatic rings. The summed E-state index contributed by atoms with van der Waals surface area (Å²) >= 11 is 0. The number of aliphatic carboxylic acids is 1. The Hall–Kier alpha value is -4.25. The Bertz CT molecular complexity index is 1380. The maximum Gasteiger partial charge on any atom is 0.342 e. The number of ketones is 3. The second kappa shape index (κ2) is 7.64. The lowest BCUT2D eigenvalue weighted by atomic mass is 9.59. The second-order valence-corrected chi connectivity index (χ2v) is 8.92. The number of carboxylic acids is 1. The molecule has 0 spiro atoms. The highest BCUT2D eigenvalue weighted by molar-refractivity contribution is 6.21. The fourth-order valence-corrected chi connectivity index (χ4v) is 5.44. The molecular weight excluding hydrogens is 462 g/mol. The number of benzene rings is 1. The molecule has 1 heterocycles. The fraction of sp³-hybridized carbons (Fsp3) is 0.292. The van der Waals surface area contributed by atoms with Crippen molar-refractivity contribution >= 4 is 29.1 Å². The van der Waals surface area contributed by atoms with Gasteiger partial charge in [-0.3, -0.25) is 14.4 Å². The van der Waals surface area contributed by atoms with Crippen molar-refractivity contribution in [2.24, 2.45) is 11.8 Å². The summed E-state index contributed by atoms with van der Waals surface area (Å²) in [5.41, 5.74) is -3.26. The van der Waals surface area contributed by atoms with E-state index in [9.17, 15) is 44.7 Å². The van der Waals surface area contributed by atoms with E-state index in [1.807, 2.05) is 0 Å². The van der Waals surface area contributed by atoms with Crippen molar-refractivity contribution in [2.45, 2.75) is 31.3 Å². The van der Waals surface area contributed by atoms with Gasteiger partial charge in [0.15, 0.2) is 17.1 Å². The Morgan fingerprint density at radius 2 is 1.86 bits per heavy atom. The van der Waals surface area contributed by atoms with Gasteiger partial charge >= 0.3 is 5.97 Å². The number of aromatic nitrogens is 1. The van der Waals surface area contributed by atoms with Gasteiger partial charge in [0.05, 0.1) is 11.8 Å². The summed E-state index contributed by atoms with van der Waals surface area (Å²) in [6, 6.07) is 4.17. The standard InChI is InChI=1S/C24H19NO10/c26-13-2-1-9(7-14(27)16-3-4-25-35-16)12-6-10-5-11-8-15(28)19(23(32)33)22(31)24(11,34)21(30)17(10)20(29)18(12)13/h1-4,10-11,26,29,31,34H,5-8H2,(H,32,33)/t10-,11+,24+/m1/s1. The maximum absolute atomic E-state index is 13.4. The van der Waals surface area contributed by atoms with Crippen LogP contribution < -0.4 is 0 Å². The van der Waals surface area contributed by atoms with Gasteiger partial charge in [-0.25, -0.2) is 4.79 Å². The van der Waals surface area contributed by atoms with Crippen molar-refractivity contribution in [3.05, 3.63) is 63.8 Å². The number of hydrogen-bond acceptors (Lipinski definition) is 10. The predicted octanol–water partition coefficient (Wildman–Crippen LogP) is 1.44. The summed E-state index contributed by atoms with van der Waals surface area (Å²) in [5.74, 6) is -8.29. The molecule has 11 nitrogen and oxygen atoms in total. The molecule has 3 atom stereocenters. The number of aliphatic hydroxyl groups is 3. The van der Waals surface area contributed by atoms with Crippen LogP contribution in [0.3, 0.4) is 0 Å². The number of hydrogen-bond donors (Lipinski definition) is 5. The lowest BCUT2D eigenvalue weighted by molar-refractivity contribution is -0.149. The van der Waals surface area contributed by atoms with Gasteiger partial charge in [0.25, 0.3) is 0 Å². The third-order valence-electron chi connectivity index (χ3n) is 7.08. The first-order chi connectivity index (χ1) is 16.6. The molecular formula is C24H19NO10. The Morgan fingerprint density at radius 3 is 2.51 bits per heavy atom. The molecule has 0 saturated heterocycles. The van der Waals surface area contributed by atoms with Crippen molar-refractivity contribution < 1.29 is 49.2 Å². The van der Waals surface area contributed by atoms with Crippen LogP contribution in [0.25, 0.3) is 5.76 Å². The van der Waals surface area contributed by atoms with Gasteiger partial charge in [-0.2, -0.15) is 0 Å². The molecule has 0 radical (unpaired) electrons. The molecule has 0 aliphatic heterocycles. The highest BCUT2D eigenvalue weighted by atomic mass is 16.5. The van der Waals surface area contributed by atoms with E-state index in [2.05, 4.69) is 5.16 Å². The van der Waals surface area contributed by atoms with E-state index in [0.717, 1.165) is 0 Å². The van der Waals surface area contributed by atoms with E-state index in [1.165, 1.54) is 24.4 Å². The molecule has 1 fully saturated rings. The number of carbonyl (C=O) groups excluding carboxylic acids is 3. The number of aliphatic hydroxyl groups excluding tert-OH is 2. The predicted molar refractivity (Wildman–Crippen MR) is 114 cm³/mol. The van der Waals surface area contributed by atoms with Crippen LogP contribution in [-0.4, -0.2) is 59.6 Å². The smallest absolute Gasteiger partial charge is 0.342 e. The van der Waals surface area contributed by atoms with Crippen LogP contribution in [0, 0.1) is 11.8 Å². The van der Waals surface area contributed by atoms with Crippen molar-refractivity contribution in [1.82, 2.24) is 5.16 Å². The van der Waals surface area contributed by atoms with Gasteiger partial charge in [-0.05, 0) is 36.0 Å². The molecule has 0 amide bonds. The summed E-state index contributed by atoms with van der Waals surface area (Å²) in [6.07, 6.45) is 0.751. The van der Waals surface area contributed by atoms with E-state index in [4.69, 9.17) is 4.52 Å². The number of phenolic OH excluding ortho intramolecular Hbond substituents is 1. The largest absolute Gasteiger partial charge is 0.508 e. The third kappa shape index (κ3) is 3.12. The van der Waals surface area contributed by atoms with Crippen molar-refractivity contribution in [1.29, 1.82) is 0 Å². The molecule has 35 heavy (non-hydrogen) atoms. The lowest BCUT2D eigenvalue weighted by Crippen LogP contribution is -2.58. The Balaban J connectivity index is 1.62. The zero-order valence-corrected chi connectivity index (χ0v) is 18.0. The Morgan fingerprint density at radius 1 is 1.11 bits per heavy atom. The number of nitrogens with zero attached hydrogens (tertiary/aromatic N) is 1. The average Bonchev–Trinajstić information content (AvgIpc) is 3.33. The van der Waals surface area contributed by atoms with Crippen LogP contribution in [-0.2, 0) is 27.2 Å². The number of Topliss-reactive ketones (excluding diaryl/α,β-unsaturated/α-hetero) is 3. The van der Waals surface area contributed by atoms with Crippen molar-refractivity contribution in [2.75, 3.05) is 0 Å². The molecule has 0 bridgehead atoms. The highest BCUT2D eigenvalue weighted by Crippen LogP contribution is 2.52. The molecule has 0 unspecified atom stereocenters. The van der Waals surface area contributed by atoms with Gasteiger partial charge in [-0.1, -0.05) is 11.2 Å². The zero-order chi connectivity index (χ0) is 25.2. The van der Waals surface area contributed by atoms with Crippen LogP contribution in [0.2, 0.25) is 0 Å². The van der Waals surface area contributed by atoms with Crippen LogP contribution >= 0.6 is 0 Å². The summed E-state index contributed by atoms with van der Waals surface area (Å²) in [7, 11) is 0. The van der Waals surface area contributed by atoms with E-state index < -0.39 is 64.3 Å². The molecule has 3 aliphatic rings. The van der Waals surface area contributed by atoms with Gasteiger partial charge in [0.1, 0.15) is 17.1 Å². The number of phenols is 1. The van der Waals surface area contributed by atoms with Crippen molar-refractivity contribution in [3.8, 4) is 5.75 Å². The molecule has 180 valence electrons. The summed E-state index contributed by atoms with van der Waals surface area (Å²) in [5, 5.41) is 56.0. The third-order valence-corrected chi connectivity index (χ3v) is 7.08. The lowest BCUT2D eigenvalue weighted by Gasteiger charge is -2.46. The Labute approximate surface area is 196 Å². The summed E-state index contributed by atoms with van der Waals surface area (Å²) in [6.45, 7) is 0. The van der Waals surface area contributed by atoms with Gasteiger partial charge in [0.2, 0.25) is 17.3 Å². The minimum atomic E-state index is -2.70. The summed E-state index contributed by atoms with van der Waals surface area (Å²) < 4.78 is 4.89. The number of carbonyl (C=O) groups is 4. The molecule has 5 rings (SSSR count). The number of rotatable bonds is 4. The minimum Gasteiger partial charge on any atom is -0.508 e. The highest BCUT2D eigenvalue weighted by Gasteiger charge is 2.60. The maximum atomic E-state index is 13.4. The zero-order valence-electron chi connectivity index (χ0n) is 18.0. The summed E-state index contributed by atoms with van der Waals surface area (Å²) in [4.78, 5) is 49.8. The first kappa shape index (κ1) is 22.5. The normalized spacial score (nSPS) is 25.7. The van der Waals surface area contributed by atoms with Gasteiger partial charge in [-0.15, -0.1) is 0 Å². The van der Waals surface area contributed by atoms with Crippen LogP contribution in [0.1, 0.15) is 40.1 Å². The number of fused-ring (bicyclic) bond motifs is 3. The van der Waals surface area contributed by atoms with Crippen LogP contribution in [0.5, 0.6) is 5.75 Å². The number of aromatic hydroxyl groups is 1. The van der Waals surface area contributed by atoms with E-state index in [-0.39, 0.29) is 41.9 Å². The molecule has 5 N–H and O–H groups in total. The molecule has 1 saturated carbocycles. The van der Waals surface area contributed by atoms with Crippen LogP contribution in [0.15, 0.2) is 45.8 Å². The average molecular weight is 481 g/mol. The first-order valence-electron chi connectivity index (χ1n) is 10.7. The molecule has 1 aromatic carbocycles. The second-order valence-electron chi connectivity index (χ2n) is 8.92. The molecule has 11 heteroatoms. The SMILES string of the molecule is O=C(O)C1=C(O)[C@@]2(O)C(=O)C3=C(O)c4c(O)ccc(CC(=O)c5ccno5)c4C[C@H]3C[C@H]2CC1=O. The molecule has 1 aromatic heterocycles. The first-order valence-corrected chi connectivity index (χ1v) is 10.7. The monoisotopic (exact) mass is 481 g/mol. The van der Waals surface area contributed by atoms with Gasteiger partial charge in [0, 0.05) is 30.4 Å². The number of carboxylic acid groups (broad SMARTS) is 1. The van der Waals surface area contributed by atoms with E-state index >= 15 is 0 Å². The Kier molecular flexibility index (Phi) is 4.92. The van der Waals surface area contributed by atoms with Crippen molar-refractivity contribution in [3.63, 3.8) is 0 Å². The minimum absolute atomic E-state index is 0.0261. The quantitative estimate of drug-likeness (QED) is 0.313. The fourth-order valence-electron chi connectivity index (χ4n) is 5.44. The molecule has 3 aliphatic carbocycles. The van der Waals surface area contributed by atoms with Gasteiger partial charge < -0.3 is 30.1 Å². The van der Waals surface area contributed by atoms with E-state index in [0.29, 0.717) is 11.1 Å². The van der Waals surface area contributed by atoms with Crippen LogP contribution in [0.4, 0.5) is 0 Å². The topological polar surface area (TPSA) is 195 Å².